The largest absolute Gasteiger partial charge is 0.381 e. The van der Waals surface area contributed by atoms with Gasteiger partial charge in [-0.05, 0) is 24.3 Å². The Morgan fingerprint density at radius 2 is 2.13 bits per heavy atom. The second-order valence-corrected chi connectivity index (χ2v) is 5.85. The molecular formula is C18H21NO4. The molecule has 2 heterocycles. The van der Waals surface area contributed by atoms with Crippen molar-refractivity contribution in [2.45, 2.75) is 32.5 Å². The van der Waals surface area contributed by atoms with Crippen molar-refractivity contribution in [1.29, 1.82) is 0 Å². The molecule has 1 aliphatic heterocycles. The number of carbonyl (C=O) groups is 1. The average molecular weight is 315 g/mol. The van der Waals surface area contributed by atoms with Crippen molar-refractivity contribution in [2.24, 2.45) is 5.92 Å². The first-order chi connectivity index (χ1) is 11.3. The summed E-state index contributed by atoms with van der Waals surface area (Å²) in [6, 6.07) is 11.6. The first kappa shape index (κ1) is 15.9. The predicted octanol–water partition coefficient (Wildman–Crippen LogP) is 3.39. The number of benzene rings is 1. The van der Waals surface area contributed by atoms with E-state index < -0.39 is 0 Å². The summed E-state index contributed by atoms with van der Waals surface area (Å²) in [7, 11) is 0. The maximum atomic E-state index is 12.1. The topological polar surface area (TPSA) is 61.6 Å². The van der Waals surface area contributed by atoms with Crippen molar-refractivity contribution < 1.29 is 18.8 Å². The van der Waals surface area contributed by atoms with Gasteiger partial charge in [0.05, 0.1) is 6.61 Å². The Balaban J connectivity index is 1.42. The Kier molecular flexibility index (Phi) is 5.56. The fourth-order valence-electron chi connectivity index (χ4n) is 2.63. The monoisotopic (exact) mass is 315 g/mol. The van der Waals surface area contributed by atoms with Crippen molar-refractivity contribution in [2.75, 3.05) is 13.2 Å². The molecule has 5 nitrogen and oxygen atoms in total. The fourth-order valence-corrected chi connectivity index (χ4v) is 2.63. The van der Waals surface area contributed by atoms with Gasteiger partial charge in [-0.2, -0.15) is 0 Å². The summed E-state index contributed by atoms with van der Waals surface area (Å²) in [4.78, 5) is 12.1. The third-order valence-electron chi connectivity index (χ3n) is 4.00. The molecule has 0 radical (unpaired) electrons. The quantitative estimate of drug-likeness (QED) is 0.699. The van der Waals surface area contributed by atoms with Crippen LogP contribution in [0.5, 0.6) is 0 Å². The van der Waals surface area contributed by atoms with Crippen LogP contribution in [-0.4, -0.2) is 24.2 Å². The van der Waals surface area contributed by atoms with Crippen LogP contribution in [0.4, 0.5) is 0 Å². The number of hydrogen-bond donors (Lipinski definition) is 0. The van der Waals surface area contributed by atoms with Crippen LogP contribution >= 0.6 is 0 Å². The van der Waals surface area contributed by atoms with Crippen molar-refractivity contribution in [3.8, 4) is 0 Å². The van der Waals surface area contributed by atoms with Crippen molar-refractivity contribution in [3.05, 3.63) is 53.4 Å². The Bertz CT molecular complexity index is 617. The van der Waals surface area contributed by atoms with Gasteiger partial charge in [-0.25, -0.2) is 0 Å². The van der Waals surface area contributed by atoms with E-state index in [0.29, 0.717) is 37.0 Å². The van der Waals surface area contributed by atoms with E-state index in [4.69, 9.17) is 14.0 Å². The number of ketones is 1. The Hall–Kier alpha value is -1.98. The van der Waals surface area contributed by atoms with Gasteiger partial charge in [0.25, 0.3) is 0 Å². The number of ether oxygens (including phenoxy) is 2. The SMILES string of the molecule is O=C(CCC1CCOC1)c1cc(COCc2ccccc2)on1. The molecular weight excluding hydrogens is 294 g/mol. The molecule has 0 aliphatic carbocycles. The molecule has 0 spiro atoms. The lowest BCUT2D eigenvalue weighted by molar-refractivity contribution is 0.0879. The minimum Gasteiger partial charge on any atom is -0.381 e. The molecule has 1 unspecified atom stereocenters. The molecule has 0 bridgehead atoms. The van der Waals surface area contributed by atoms with Crippen LogP contribution in [-0.2, 0) is 22.7 Å². The van der Waals surface area contributed by atoms with Crippen molar-refractivity contribution >= 4 is 5.78 Å². The summed E-state index contributed by atoms with van der Waals surface area (Å²) in [5, 5.41) is 3.85. The summed E-state index contributed by atoms with van der Waals surface area (Å²) in [5.41, 5.74) is 1.49. The number of aromatic nitrogens is 1. The van der Waals surface area contributed by atoms with Gasteiger partial charge in [-0.1, -0.05) is 35.5 Å². The van der Waals surface area contributed by atoms with E-state index in [1.165, 1.54) is 0 Å². The first-order valence-electron chi connectivity index (χ1n) is 7.99. The molecule has 0 N–H and O–H groups in total. The van der Waals surface area contributed by atoms with Gasteiger partial charge in [0, 0.05) is 25.7 Å². The summed E-state index contributed by atoms with van der Waals surface area (Å²) in [6.07, 6.45) is 2.39. The van der Waals surface area contributed by atoms with E-state index in [2.05, 4.69) is 5.16 Å². The fraction of sp³-hybridized carbons (Fsp3) is 0.444. The van der Waals surface area contributed by atoms with Gasteiger partial charge >= 0.3 is 0 Å². The number of Topliss-reactive ketones (excluding diaryl/α,β-unsaturated/α-hetero) is 1. The molecule has 1 aliphatic rings. The van der Waals surface area contributed by atoms with Gasteiger partial charge < -0.3 is 14.0 Å². The van der Waals surface area contributed by atoms with E-state index >= 15 is 0 Å². The van der Waals surface area contributed by atoms with Crippen LogP contribution < -0.4 is 0 Å². The molecule has 2 aromatic rings. The van der Waals surface area contributed by atoms with Crippen LogP contribution in [0.3, 0.4) is 0 Å². The van der Waals surface area contributed by atoms with E-state index in [9.17, 15) is 4.79 Å². The van der Waals surface area contributed by atoms with Crippen LogP contribution in [0.25, 0.3) is 0 Å². The lowest BCUT2D eigenvalue weighted by Crippen LogP contribution is -2.05. The standard InChI is InChI=1S/C18H21NO4/c20-18(7-6-15-8-9-21-11-15)17-10-16(23-19-17)13-22-12-14-4-2-1-3-5-14/h1-5,10,15H,6-9,11-13H2. The van der Waals surface area contributed by atoms with Crippen LogP contribution in [0.15, 0.2) is 40.9 Å². The van der Waals surface area contributed by atoms with Gasteiger partial charge in [0.1, 0.15) is 12.3 Å². The molecule has 1 atom stereocenters. The van der Waals surface area contributed by atoms with Crippen LogP contribution in [0.1, 0.15) is 41.1 Å². The van der Waals surface area contributed by atoms with Gasteiger partial charge in [0.2, 0.25) is 0 Å². The maximum absolute atomic E-state index is 12.1. The molecule has 1 saturated heterocycles. The molecule has 122 valence electrons. The predicted molar refractivity (Wildman–Crippen MR) is 83.9 cm³/mol. The minimum absolute atomic E-state index is 0.0231. The maximum Gasteiger partial charge on any atom is 0.184 e. The molecule has 0 saturated carbocycles. The second-order valence-electron chi connectivity index (χ2n) is 5.85. The molecule has 23 heavy (non-hydrogen) atoms. The zero-order chi connectivity index (χ0) is 15.9. The van der Waals surface area contributed by atoms with E-state index in [1.54, 1.807) is 6.07 Å². The molecule has 1 aromatic heterocycles. The minimum atomic E-state index is 0.0231. The van der Waals surface area contributed by atoms with E-state index in [1.807, 2.05) is 30.3 Å². The zero-order valence-corrected chi connectivity index (χ0v) is 13.1. The average Bonchev–Trinajstić information content (AvgIpc) is 3.25. The molecule has 1 fully saturated rings. The highest BCUT2D eigenvalue weighted by atomic mass is 16.5. The summed E-state index contributed by atoms with van der Waals surface area (Å²) in [6.45, 7) is 2.40. The lowest BCUT2D eigenvalue weighted by Gasteiger charge is -2.04. The summed E-state index contributed by atoms with van der Waals surface area (Å²) in [5.74, 6) is 1.10. The van der Waals surface area contributed by atoms with E-state index in [-0.39, 0.29) is 5.78 Å². The van der Waals surface area contributed by atoms with Crippen LogP contribution in [0.2, 0.25) is 0 Å². The van der Waals surface area contributed by atoms with Crippen molar-refractivity contribution in [3.63, 3.8) is 0 Å². The zero-order valence-electron chi connectivity index (χ0n) is 13.1. The summed E-state index contributed by atoms with van der Waals surface area (Å²) < 4.78 is 16.1. The molecule has 3 rings (SSSR count). The third kappa shape index (κ3) is 4.74. The Morgan fingerprint density at radius 1 is 1.26 bits per heavy atom. The molecule has 0 amide bonds. The number of rotatable bonds is 8. The summed E-state index contributed by atoms with van der Waals surface area (Å²) >= 11 is 0. The Labute approximate surface area is 135 Å². The van der Waals surface area contributed by atoms with E-state index in [0.717, 1.165) is 31.6 Å². The highest BCUT2D eigenvalue weighted by molar-refractivity contribution is 5.94. The number of hydrogen-bond acceptors (Lipinski definition) is 5. The lowest BCUT2D eigenvalue weighted by atomic mass is 10.00. The molecule has 1 aromatic carbocycles. The van der Waals surface area contributed by atoms with Crippen LogP contribution in [0, 0.1) is 5.92 Å². The second kappa shape index (κ2) is 8.04. The molecule has 5 heteroatoms. The highest BCUT2D eigenvalue weighted by Gasteiger charge is 2.19. The Morgan fingerprint density at radius 3 is 2.91 bits per heavy atom. The van der Waals surface area contributed by atoms with Gasteiger partial charge in [-0.3, -0.25) is 4.79 Å². The van der Waals surface area contributed by atoms with Gasteiger partial charge in [-0.15, -0.1) is 0 Å². The van der Waals surface area contributed by atoms with Gasteiger partial charge in [0.15, 0.2) is 11.5 Å². The third-order valence-corrected chi connectivity index (χ3v) is 4.00. The first-order valence-corrected chi connectivity index (χ1v) is 7.99. The number of nitrogens with zero attached hydrogens (tertiary/aromatic N) is 1. The normalized spacial score (nSPS) is 17.5. The smallest absolute Gasteiger partial charge is 0.184 e. The van der Waals surface area contributed by atoms with Crippen molar-refractivity contribution in [1.82, 2.24) is 5.16 Å². The number of carbonyl (C=O) groups excluding carboxylic acids is 1. The highest BCUT2D eigenvalue weighted by Crippen LogP contribution is 2.19.